The Labute approximate surface area is 145 Å². The van der Waals surface area contributed by atoms with Gasteiger partial charge in [-0.2, -0.15) is 0 Å². The average molecular weight is 342 g/mol. The number of aromatic amines is 1. The van der Waals surface area contributed by atoms with Crippen LogP contribution in [0.1, 0.15) is 29.3 Å². The van der Waals surface area contributed by atoms with Gasteiger partial charge in [-0.15, -0.1) is 0 Å². The zero-order valence-corrected chi connectivity index (χ0v) is 14.7. The summed E-state index contributed by atoms with van der Waals surface area (Å²) < 4.78 is 0. The van der Waals surface area contributed by atoms with Crippen molar-refractivity contribution in [3.8, 4) is 0 Å². The molecule has 1 aliphatic heterocycles. The Bertz CT molecular complexity index is 853. The molecule has 0 bridgehead atoms. The van der Waals surface area contributed by atoms with E-state index < -0.39 is 6.03 Å². The molecule has 2 aromatic rings. The molecule has 1 aromatic carbocycles. The monoisotopic (exact) mass is 342 g/mol. The molecule has 0 atom stereocenters. The van der Waals surface area contributed by atoms with E-state index >= 15 is 0 Å². The number of imide groups is 1. The van der Waals surface area contributed by atoms with Crippen molar-refractivity contribution >= 4 is 28.7 Å². The van der Waals surface area contributed by atoms with Crippen molar-refractivity contribution in [2.24, 2.45) is 0 Å². The van der Waals surface area contributed by atoms with Crippen LogP contribution in [0, 0.1) is 13.8 Å². The fraction of sp³-hybridized carbons (Fsp3) is 0.389. The second-order valence-corrected chi connectivity index (χ2v) is 6.34. The highest BCUT2D eigenvalue weighted by atomic mass is 16.2. The summed E-state index contributed by atoms with van der Waals surface area (Å²) >= 11 is 0. The van der Waals surface area contributed by atoms with Gasteiger partial charge in [-0.05, 0) is 37.5 Å². The number of hydrogen-bond donors (Lipinski definition) is 3. The van der Waals surface area contributed by atoms with Crippen LogP contribution in [0.4, 0.5) is 4.79 Å². The molecule has 1 aromatic heterocycles. The van der Waals surface area contributed by atoms with Crippen molar-refractivity contribution < 1.29 is 14.4 Å². The van der Waals surface area contributed by atoms with Crippen LogP contribution in [0.25, 0.3) is 10.9 Å². The van der Waals surface area contributed by atoms with Crippen LogP contribution in [-0.2, 0) is 22.6 Å². The Balaban J connectivity index is 1.75. The lowest BCUT2D eigenvalue weighted by Crippen LogP contribution is -2.40. The number of benzene rings is 1. The molecule has 25 heavy (non-hydrogen) atoms. The molecular formula is C18H22N4O3. The topological polar surface area (TPSA) is 94.3 Å². The number of rotatable bonds is 5. The number of aryl methyl sites for hydroxylation is 3. The minimum Gasteiger partial charge on any atom is -0.358 e. The van der Waals surface area contributed by atoms with E-state index in [4.69, 9.17) is 0 Å². The highest BCUT2D eigenvalue weighted by Crippen LogP contribution is 2.26. The van der Waals surface area contributed by atoms with Gasteiger partial charge in [-0.25, -0.2) is 4.79 Å². The summed E-state index contributed by atoms with van der Waals surface area (Å²) in [5.41, 5.74) is 5.55. The first kappa shape index (κ1) is 17.0. The van der Waals surface area contributed by atoms with E-state index in [2.05, 4.69) is 35.5 Å². The first-order chi connectivity index (χ1) is 11.9. The average Bonchev–Trinajstić information content (AvgIpc) is 3.07. The molecule has 1 aliphatic rings. The number of carbonyl (C=O) groups excluding carboxylic acids is 3. The Morgan fingerprint density at radius 2 is 2.04 bits per heavy atom. The quantitative estimate of drug-likeness (QED) is 0.719. The molecule has 1 fully saturated rings. The van der Waals surface area contributed by atoms with Gasteiger partial charge in [0.25, 0.3) is 5.91 Å². The largest absolute Gasteiger partial charge is 0.358 e. The number of carbonyl (C=O) groups is 3. The zero-order chi connectivity index (χ0) is 18.1. The van der Waals surface area contributed by atoms with E-state index in [1.54, 1.807) is 0 Å². The fourth-order valence-corrected chi connectivity index (χ4v) is 3.21. The van der Waals surface area contributed by atoms with Crippen molar-refractivity contribution in [1.82, 2.24) is 20.5 Å². The second-order valence-electron chi connectivity index (χ2n) is 6.34. The molecule has 0 spiro atoms. The summed E-state index contributed by atoms with van der Waals surface area (Å²) in [6.45, 7) is 6.25. The molecule has 3 rings (SSSR count). The van der Waals surface area contributed by atoms with Crippen molar-refractivity contribution in [2.75, 3.05) is 13.1 Å². The molecule has 1 saturated heterocycles. The smallest absolute Gasteiger partial charge is 0.325 e. The lowest BCUT2D eigenvalue weighted by atomic mass is 10.0. The standard InChI is InChI=1S/C18H22N4O3/c1-4-14-11(3)13-6-10(2)5-12(17(13)21-14)7-19-15(23)9-22-16(24)8-20-18(22)25/h5-6,21H,4,7-9H2,1-3H3,(H,19,23)(H,20,25). The number of aromatic nitrogens is 1. The number of hydrogen-bond acceptors (Lipinski definition) is 3. The van der Waals surface area contributed by atoms with Crippen LogP contribution < -0.4 is 10.6 Å². The number of fused-ring (bicyclic) bond motifs is 1. The Morgan fingerprint density at radius 1 is 1.28 bits per heavy atom. The summed E-state index contributed by atoms with van der Waals surface area (Å²) in [7, 11) is 0. The van der Waals surface area contributed by atoms with Crippen molar-refractivity contribution in [2.45, 2.75) is 33.7 Å². The molecule has 4 amide bonds. The third-order valence-electron chi connectivity index (χ3n) is 4.57. The van der Waals surface area contributed by atoms with Crippen LogP contribution >= 0.6 is 0 Å². The van der Waals surface area contributed by atoms with Crippen LogP contribution in [-0.4, -0.2) is 40.8 Å². The Morgan fingerprint density at radius 3 is 2.68 bits per heavy atom. The first-order valence-electron chi connectivity index (χ1n) is 8.36. The highest BCUT2D eigenvalue weighted by Gasteiger charge is 2.30. The molecule has 7 nitrogen and oxygen atoms in total. The maximum Gasteiger partial charge on any atom is 0.325 e. The van der Waals surface area contributed by atoms with Gasteiger partial charge in [0.15, 0.2) is 0 Å². The van der Waals surface area contributed by atoms with Crippen molar-refractivity contribution in [3.05, 3.63) is 34.5 Å². The number of amides is 4. The molecule has 132 valence electrons. The predicted octanol–water partition coefficient (Wildman–Crippen LogP) is 1.52. The highest BCUT2D eigenvalue weighted by molar-refractivity contribution is 6.04. The fourth-order valence-electron chi connectivity index (χ4n) is 3.21. The number of nitrogens with zero attached hydrogens (tertiary/aromatic N) is 1. The summed E-state index contributed by atoms with van der Waals surface area (Å²) in [4.78, 5) is 39.5. The molecule has 0 radical (unpaired) electrons. The normalized spacial score (nSPS) is 14.3. The molecule has 3 N–H and O–H groups in total. The summed E-state index contributed by atoms with van der Waals surface area (Å²) in [6.07, 6.45) is 0.914. The second kappa shape index (κ2) is 6.58. The predicted molar refractivity (Wildman–Crippen MR) is 94.1 cm³/mol. The third kappa shape index (κ3) is 3.22. The zero-order valence-electron chi connectivity index (χ0n) is 14.7. The van der Waals surface area contributed by atoms with Gasteiger partial charge >= 0.3 is 6.03 Å². The molecule has 0 unspecified atom stereocenters. The van der Waals surface area contributed by atoms with Gasteiger partial charge < -0.3 is 15.6 Å². The number of nitrogens with one attached hydrogen (secondary N) is 3. The van der Waals surface area contributed by atoms with Gasteiger partial charge in [-0.3, -0.25) is 14.5 Å². The number of urea groups is 1. The maximum absolute atomic E-state index is 12.1. The molecule has 0 saturated carbocycles. The molecular weight excluding hydrogens is 320 g/mol. The van der Waals surface area contributed by atoms with Gasteiger partial charge in [0.2, 0.25) is 5.91 Å². The Hall–Kier alpha value is -2.83. The van der Waals surface area contributed by atoms with E-state index in [0.717, 1.165) is 33.4 Å². The Kier molecular flexibility index (Phi) is 4.48. The third-order valence-corrected chi connectivity index (χ3v) is 4.57. The minimum atomic E-state index is -0.523. The lowest BCUT2D eigenvalue weighted by Gasteiger charge is -2.13. The van der Waals surface area contributed by atoms with E-state index in [0.29, 0.717) is 6.54 Å². The van der Waals surface area contributed by atoms with Crippen LogP contribution in [0.2, 0.25) is 0 Å². The molecule has 2 heterocycles. The van der Waals surface area contributed by atoms with Gasteiger partial charge in [0, 0.05) is 17.6 Å². The first-order valence-corrected chi connectivity index (χ1v) is 8.36. The van der Waals surface area contributed by atoms with E-state index in [1.165, 1.54) is 11.3 Å². The lowest BCUT2D eigenvalue weighted by molar-refractivity contribution is -0.130. The summed E-state index contributed by atoms with van der Waals surface area (Å²) in [5.74, 6) is -0.746. The SMILES string of the molecule is CCc1[nH]c2c(CNC(=O)CN3C(=O)CNC3=O)cc(C)cc2c1C. The van der Waals surface area contributed by atoms with Crippen LogP contribution in [0.3, 0.4) is 0 Å². The maximum atomic E-state index is 12.1. The summed E-state index contributed by atoms with van der Waals surface area (Å²) in [5, 5.41) is 6.36. The van der Waals surface area contributed by atoms with Gasteiger partial charge in [-0.1, -0.05) is 18.6 Å². The minimum absolute atomic E-state index is 0.0494. The van der Waals surface area contributed by atoms with Crippen LogP contribution in [0.15, 0.2) is 12.1 Å². The molecule has 7 heteroatoms. The van der Waals surface area contributed by atoms with Gasteiger partial charge in [0.05, 0.1) is 12.1 Å². The van der Waals surface area contributed by atoms with E-state index in [1.807, 2.05) is 13.0 Å². The van der Waals surface area contributed by atoms with E-state index in [9.17, 15) is 14.4 Å². The van der Waals surface area contributed by atoms with Crippen molar-refractivity contribution in [1.29, 1.82) is 0 Å². The van der Waals surface area contributed by atoms with Crippen molar-refractivity contribution in [3.63, 3.8) is 0 Å². The molecule has 0 aliphatic carbocycles. The summed E-state index contributed by atoms with van der Waals surface area (Å²) in [6, 6.07) is 3.65. The van der Waals surface area contributed by atoms with Crippen LogP contribution in [0.5, 0.6) is 0 Å². The number of H-pyrrole nitrogens is 1. The van der Waals surface area contributed by atoms with Gasteiger partial charge in [0.1, 0.15) is 6.54 Å². The van der Waals surface area contributed by atoms with E-state index in [-0.39, 0.29) is 24.9 Å².